The van der Waals surface area contributed by atoms with Crippen molar-refractivity contribution in [3.8, 4) is 0 Å². The minimum atomic E-state index is -0.353. The van der Waals surface area contributed by atoms with Crippen LogP contribution < -0.4 is 0 Å². The van der Waals surface area contributed by atoms with E-state index in [1.807, 2.05) is 38.1 Å². The van der Waals surface area contributed by atoms with Crippen LogP contribution in [0.4, 0.5) is 8.78 Å². The molecule has 5 aromatic rings. The first-order chi connectivity index (χ1) is 12.6. The summed E-state index contributed by atoms with van der Waals surface area (Å²) in [4.78, 5) is 0. The maximum Gasteiger partial charge on any atom is 0.139 e. The molecule has 0 fully saturated rings. The number of hydrogen-bond donors (Lipinski definition) is 0. The molecule has 0 heterocycles. The van der Waals surface area contributed by atoms with E-state index < -0.39 is 0 Å². The van der Waals surface area contributed by atoms with Crippen LogP contribution in [0.1, 0.15) is 11.1 Å². The number of rotatable bonds is 0. The number of aryl methyl sites for hydroxylation is 2. The van der Waals surface area contributed by atoms with E-state index in [2.05, 4.69) is 12.1 Å². The molecular weight excluding hydrogens is 326 g/mol. The van der Waals surface area contributed by atoms with Gasteiger partial charge >= 0.3 is 0 Å². The summed E-state index contributed by atoms with van der Waals surface area (Å²) >= 11 is 0. The van der Waals surface area contributed by atoms with Gasteiger partial charge in [0.15, 0.2) is 0 Å². The summed E-state index contributed by atoms with van der Waals surface area (Å²) < 4.78 is 31.0. The summed E-state index contributed by atoms with van der Waals surface area (Å²) in [7, 11) is 0. The van der Waals surface area contributed by atoms with E-state index in [4.69, 9.17) is 0 Å². The molecule has 0 aliphatic rings. The van der Waals surface area contributed by atoms with Crippen molar-refractivity contribution >= 4 is 43.1 Å². The van der Waals surface area contributed by atoms with Gasteiger partial charge in [0.05, 0.1) is 0 Å². The lowest BCUT2D eigenvalue weighted by Gasteiger charge is -2.15. The number of halogens is 2. The third-order valence-electron chi connectivity index (χ3n) is 5.27. The third kappa shape index (κ3) is 1.93. The normalized spacial score (nSPS) is 11.8. The van der Waals surface area contributed by atoms with Gasteiger partial charge in [0.25, 0.3) is 0 Å². The van der Waals surface area contributed by atoms with Crippen molar-refractivity contribution in [3.05, 3.63) is 83.4 Å². The molecule has 0 nitrogen and oxygen atoms in total. The number of benzene rings is 5. The Kier molecular flexibility index (Phi) is 3.08. The second-order valence-corrected chi connectivity index (χ2v) is 7.02. The molecule has 26 heavy (non-hydrogen) atoms. The van der Waals surface area contributed by atoms with Crippen molar-refractivity contribution < 1.29 is 8.78 Å². The molecule has 0 aromatic heterocycles. The molecule has 0 saturated heterocycles. The Morgan fingerprint density at radius 1 is 0.500 bits per heavy atom. The highest BCUT2D eigenvalue weighted by atomic mass is 19.1. The van der Waals surface area contributed by atoms with Crippen LogP contribution in [0.25, 0.3) is 43.1 Å². The maximum atomic E-state index is 15.5. The predicted octanol–water partition coefficient (Wildman–Crippen LogP) is 7.19. The van der Waals surface area contributed by atoms with Crippen LogP contribution in [0.5, 0.6) is 0 Å². The van der Waals surface area contributed by atoms with Gasteiger partial charge in [-0.05, 0) is 35.4 Å². The van der Waals surface area contributed by atoms with Gasteiger partial charge in [0.1, 0.15) is 11.6 Å². The Morgan fingerprint density at radius 2 is 0.923 bits per heavy atom. The quantitative estimate of drug-likeness (QED) is 0.206. The van der Waals surface area contributed by atoms with Crippen LogP contribution in [0.15, 0.2) is 60.7 Å². The van der Waals surface area contributed by atoms with E-state index >= 15 is 8.78 Å². The van der Waals surface area contributed by atoms with Gasteiger partial charge in [-0.2, -0.15) is 0 Å². The van der Waals surface area contributed by atoms with E-state index in [0.29, 0.717) is 21.5 Å². The molecule has 0 amide bonds. The molecule has 0 aliphatic heterocycles. The Balaban J connectivity index is 2.23. The minimum Gasteiger partial charge on any atom is -0.206 e. The summed E-state index contributed by atoms with van der Waals surface area (Å²) in [5, 5.41) is 4.82. The largest absolute Gasteiger partial charge is 0.206 e. The Hall–Kier alpha value is -3.00. The smallest absolute Gasteiger partial charge is 0.139 e. The Labute approximate surface area is 149 Å². The second kappa shape index (κ2) is 5.25. The van der Waals surface area contributed by atoms with Crippen molar-refractivity contribution in [2.45, 2.75) is 13.8 Å². The first kappa shape index (κ1) is 15.3. The van der Waals surface area contributed by atoms with Crippen LogP contribution in [-0.4, -0.2) is 0 Å². The summed E-state index contributed by atoms with van der Waals surface area (Å²) in [5.74, 6) is -0.707. The summed E-state index contributed by atoms with van der Waals surface area (Å²) in [6.45, 7) is 4.03. The van der Waals surface area contributed by atoms with Crippen molar-refractivity contribution in [2.75, 3.05) is 0 Å². The molecule has 0 unspecified atom stereocenters. The molecule has 0 saturated carbocycles. The second-order valence-electron chi connectivity index (χ2n) is 7.02. The van der Waals surface area contributed by atoms with Gasteiger partial charge in [0.2, 0.25) is 0 Å². The van der Waals surface area contributed by atoms with E-state index in [1.54, 1.807) is 24.3 Å². The first-order valence-electron chi connectivity index (χ1n) is 8.68. The van der Waals surface area contributed by atoms with Crippen LogP contribution in [0.3, 0.4) is 0 Å². The lowest BCUT2D eigenvalue weighted by molar-refractivity contribution is 0.636. The maximum absolute atomic E-state index is 15.5. The van der Waals surface area contributed by atoms with Crippen LogP contribution in [-0.2, 0) is 0 Å². The minimum absolute atomic E-state index is 0.325. The Morgan fingerprint density at radius 3 is 1.35 bits per heavy atom. The molecule has 5 rings (SSSR count). The number of hydrogen-bond acceptors (Lipinski definition) is 0. The lowest BCUT2D eigenvalue weighted by Crippen LogP contribution is -1.94. The van der Waals surface area contributed by atoms with Crippen molar-refractivity contribution in [2.24, 2.45) is 0 Å². The average molecular weight is 342 g/mol. The summed E-state index contributed by atoms with van der Waals surface area (Å²) in [6.07, 6.45) is 0. The van der Waals surface area contributed by atoms with Gasteiger partial charge in [-0.25, -0.2) is 8.78 Å². The van der Waals surface area contributed by atoms with E-state index in [0.717, 1.165) is 32.7 Å². The fraction of sp³-hybridized carbons (Fsp3) is 0.0833. The average Bonchev–Trinajstić information content (AvgIpc) is 2.65. The molecule has 0 N–H and O–H groups in total. The highest BCUT2D eigenvalue weighted by molar-refractivity contribution is 6.27. The lowest BCUT2D eigenvalue weighted by atomic mass is 9.90. The monoisotopic (exact) mass is 342 g/mol. The van der Waals surface area contributed by atoms with Crippen molar-refractivity contribution in [3.63, 3.8) is 0 Å². The molecule has 0 radical (unpaired) electrons. The predicted molar refractivity (Wildman–Crippen MR) is 106 cm³/mol. The van der Waals surface area contributed by atoms with E-state index in [9.17, 15) is 0 Å². The zero-order chi connectivity index (χ0) is 18.0. The van der Waals surface area contributed by atoms with Crippen molar-refractivity contribution in [1.29, 1.82) is 0 Å². The molecular formula is C24H16F2. The standard InChI is InChI=1S/C24H16F2/c1-13-7-9-15-19(11-13)20-12-14(2)8-10-16(20)22-21(15)23(25)17-5-3-4-6-18(17)24(22)26/h3-12H,1-2H3. The Bertz CT molecular complexity index is 1260. The van der Waals surface area contributed by atoms with E-state index in [1.165, 1.54) is 0 Å². The zero-order valence-corrected chi connectivity index (χ0v) is 14.5. The van der Waals surface area contributed by atoms with Gasteiger partial charge in [-0.1, -0.05) is 71.8 Å². The molecule has 0 aliphatic carbocycles. The topological polar surface area (TPSA) is 0 Å². The molecule has 0 atom stereocenters. The first-order valence-corrected chi connectivity index (χ1v) is 8.68. The van der Waals surface area contributed by atoms with Gasteiger partial charge in [0, 0.05) is 21.5 Å². The molecule has 5 aromatic carbocycles. The SMILES string of the molecule is Cc1ccc2c(c1)c1cc(C)ccc1c1c(F)c3ccccc3c(F)c21. The summed E-state index contributed by atoms with van der Waals surface area (Å²) in [5.41, 5.74) is 2.20. The molecule has 126 valence electrons. The van der Waals surface area contributed by atoms with Gasteiger partial charge in [-0.3, -0.25) is 0 Å². The molecule has 0 bridgehead atoms. The highest BCUT2D eigenvalue weighted by Gasteiger charge is 2.19. The molecule has 0 spiro atoms. The molecule has 2 heteroatoms. The zero-order valence-electron chi connectivity index (χ0n) is 14.5. The van der Waals surface area contributed by atoms with Crippen molar-refractivity contribution in [1.82, 2.24) is 0 Å². The van der Waals surface area contributed by atoms with Crippen LogP contribution in [0.2, 0.25) is 0 Å². The summed E-state index contributed by atoms with van der Waals surface area (Å²) in [6, 6.07) is 18.6. The van der Waals surface area contributed by atoms with Gasteiger partial charge < -0.3 is 0 Å². The van der Waals surface area contributed by atoms with Gasteiger partial charge in [-0.15, -0.1) is 0 Å². The van der Waals surface area contributed by atoms with Crippen LogP contribution in [0, 0.1) is 25.5 Å². The van der Waals surface area contributed by atoms with Crippen LogP contribution >= 0.6 is 0 Å². The fourth-order valence-electron chi connectivity index (χ4n) is 4.06. The fourth-order valence-corrected chi connectivity index (χ4v) is 4.06. The number of fused-ring (bicyclic) bond motifs is 7. The van der Waals surface area contributed by atoms with E-state index in [-0.39, 0.29) is 11.6 Å². The third-order valence-corrected chi connectivity index (χ3v) is 5.27. The highest BCUT2D eigenvalue weighted by Crippen LogP contribution is 2.41.